The van der Waals surface area contributed by atoms with Crippen molar-refractivity contribution >= 4 is 5.91 Å². The lowest BCUT2D eigenvalue weighted by atomic mass is 9.98. The minimum absolute atomic E-state index is 0.244. The molecular weight excluding hydrogens is 274 g/mol. The van der Waals surface area contributed by atoms with Gasteiger partial charge in [0, 0.05) is 44.3 Å². The molecule has 0 spiro atoms. The molecule has 0 radical (unpaired) electrons. The molecule has 2 saturated heterocycles. The van der Waals surface area contributed by atoms with Gasteiger partial charge in [-0.25, -0.2) is 0 Å². The maximum absolute atomic E-state index is 12.8. The Labute approximate surface area is 135 Å². The predicted octanol–water partition coefficient (Wildman–Crippen LogP) is 2.05. The first-order chi connectivity index (χ1) is 10.4. The summed E-state index contributed by atoms with van der Waals surface area (Å²) in [5.41, 5.74) is 0.469. The average molecular weight is 307 g/mol. The average Bonchev–Trinajstić information content (AvgIpc) is 3.17. The zero-order valence-electron chi connectivity index (χ0n) is 14.8. The minimum atomic E-state index is 0.244. The lowest BCUT2D eigenvalue weighted by Crippen LogP contribution is -2.55. The van der Waals surface area contributed by atoms with Gasteiger partial charge in [0.15, 0.2) is 0 Å². The van der Waals surface area contributed by atoms with Crippen LogP contribution in [0.25, 0.3) is 0 Å². The summed E-state index contributed by atoms with van der Waals surface area (Å²) in [6.45, 7) is 15.2. The SMILES string of the molecule is CC(C)N1CC[C@@H](C(=O)N2CCN(C3(C(C)C)CC3)CC2)C1. The van der Waals surface area contributed by atoms with E-state index in [4.69, 9.17) is 0 Å². The van der Waals surface area contributed by atoms with E-state index in [9.17, 15) is 4.79 Å². The van der Waals surface area contributed by atoms with Gasteiger partial charge in [-0.3, -0.25) is 9.69 Å². The van der Waals surface area contributed by atoms with Crippen LogP contribution in [0.1, 0.15) is 47.0 Å². The number of likely N-dealkylation sites (tertiary alicyclic amines) is 1. The Hall–Kier alpha value is -0.610. The van der Waals surface area contributed by atoms with Gasteiger partial charge in [0.05, 0.1) is 5.92 Å². The van der Waals surface area contributed by atoms with E-state index in [0.717, 1.165) is 51.6 Å². The molecule has 1 atom stereocenters. The van der Waals surface area contributed by atoms with Gasteiger partial charge in [-0.2, -0.15) is 0 Å². The molecule has 1 amide bonds. The first-order valence-electron chi connectivity index (χ1n) is 9.22. The van der Waals surface area contributed by atoms with E-state index in [-0.39, 0.29) is 5.92 Å². The first-order valence-corrected chi connectivity index (χ1v) is 9.22. The van der Waals surface area contributed by atoms with Gasteiger partial charge < -0.3 is 9.80 Å². The number of carbonyl (C=O) groups excluding carboxylic acids is 1. The highest BCUT2D eigenvalue weighted by atomic mass is 16.2. The van der Waals surface area contributed by atoms with Crippen LogP contribution in [0, 0.1) is 11.8 Å². The molecular formula is C18H33N3O. The van der Waals surface area contributed by atoms with Crippen LogP contribution in [0.4, 0.5) is 0 Å². The number of amides is 1. The van der Waals surface area contributed by atoms with E-state index in [2.05, 4.69) is 42.4 Å². The van der Waals surface area contributed by atoms with Crippen molar-refractivity contribution in [3.63, 3.8) is 0 Å². The molecule has 3 rings (SSSR count). The smallest absolute Gasteiger partial charge is 0.227 e. The van der Waals surface area contributed by atoms with Crippen LogP contribution >= 0.6 is 0 Å². The van der Waals surface area contributed by atoms with E-state index in [1.807, 2.05) is 0 Å². The maximum Gasteiger partial charge on any atom is 0.227 e. The largest absolute Gasteiger partial charge is 0.340 e. The molecule has 126 valence electrons. The zero-order chi connectivity index (χ0) is 15.9. The molecule has 0 unspecified atom stereocenters. The van der Waals surface area contributed by atoms with Gasteiger partial charge in [0.1, 0.15) is 0 Å². The van der Waals surface area contributed by atoms with Crippen LogP contribution in [0.5, 0.6) is 0 Å². The van der Waals surface area contributed by atoms with Crippen LogP contribution in [0.2, 0.25) is 0 Å². The van der Waals surface area contributed by atoms with Gasteiger partial charge in [0.2, 0.25) is 5.91 Å². The van der Waals surface area contributed by atoms with Gasteiger partial charge in [0.25, 0.3) is 0 Å². The van der Waals surface area contributed by atoms with Crippen molar-refractivity contribution in [2.24, 2.45) is 11.8 Å². The highest BCUT2D eigenvalue weighted by Gasteiger charge is 2.50. The third-order valence-corrected chi connectivity index (χ3v) is 6.36. The summed E-state index contributed by atoms with van der Waals surface area (Å²) < 4.78 is 0. The molecule has 3 fully saturated rings. The molecule has 4 heteroatoms. The Morgan fingerprint density at radius 3 is 2.09 bits per heavy atom. The van der Waals surface area contributed by atoms with Crippen molar-refractivity contribution in [3.05, 3.63) is 0 Å². The summed E-state index contributed by atoms with van der Waals surface area (Å²) in [6.07, 6.45) is 3.75. The summed E-state index contributed by atoms with van der Waals surface area (Å²) in [6, 6.07) is 0.565. The van der Waals surface area contributed by atoms with E-state index in [0.29, 0.717) is 17.5 Å². The van der Waals surface area contributed by atoms with Crippen molar-refractivity contribution in [1.82, 2.24) is 14.7 Å². The fourth-order valence-electron chi connectivity index (χ4n) is 4.48. The second-order valence-electron chi connectivity index (χ2n) is 8.14. The van der Waals surface area contributed by atoms with Gasteiger partial charge >= 0.3 is 0 Å². The molecule has 0 aromatic heterocycles. The van der Waals surface area contributed by atoms with Crippen LogP contribution in [0.15, 0.2) is 0 Å². The van der Waals surface area contributed by atoms with Gasteiger partial charge in [-0.05, 0) is 45.6 Å². The number of carbonyl (C=O) groups is 1. The molecule has 0 aromatic rings. The Morgan fingerprint density at radius 2 is 1.64 bits per heavy atom. The van der Waals surface area contributed by atoms with E-state index >= 15 is 0 Å². The minimum Gasteiger partial charge on any atom is -0.340 e. The Kier molecular flexibility index (Phi) is 4.52. The standard InChI is InChI=1S/C18H33N3O/c1-14(2)18(6-7-18)21-11-9-19(10-12-21)17(22)16-5-8-20(13-16)15(3)4/h14-16H,5-13H2,1-4H3/t16-/m1/s1. The fourth-order valence-corrected chi connectivity index (χ4v) is 4.48. The second-order valence-corrected chi connectivity index (χ2v) is 8.14. The van der Waals surface area contributed by atoms with Crippen molar-refractivity contribution in [1.29, 1.82) is 0 Å². The van der Waals surface area contributed by atoms with Crippen LogP contribution in [-0.2, 0) is 4.79 Å². The summed E-state index contributed by atoms with van der Waals surface area (Å²) in [7, 11) is 0. The van der Waals surface area contributed by atoms with Gasteiger partial charge in [-0.1, -0.05) is 13.8 Å². The van der Waals surface area contributed by atoms with Crippen LogP contribution in [-0.4, -0.2) is 71.5 Å². The molecule has 4 nitrogen and oxygen atoms in total. The van der Waals surface area contributed by atoms with Gasteiger partial charge in [-0.15, -0.1) is 0 Å². The molecule has 3 aliphatic rings. The number of nitrogens with zero attached hydrogens (tertiary/aromatic N) is 3. The molecule has 22 heavy (non-hydrogen) atoms. The van der Waals surface area contributed by atoms with Crippen molar-refractivity contribution in [2.75, 3.05) is 39.3 Å². The molecule has 1 aliphatic carbocycles. The number of hydrogen-bond acceptors (Lipinski definition) is 3. The number of piperazine rings is 1. The molecule has 2 heterocycles. The summed E-state index contributed by atoms with van der Waals surface area (Å²) in [5.74, 6) is 1.40. The normalized spacial score (nSPS) is 29.5. The fraction of sp³-hybridized carbons (Fsp3) is 0.944. The lowest BCUT2D eigenvalue weighted by Gasteiger charge is -2.42. The van der Waals surface area contributed by atoms with E-state index in [1.165, 1.54) is 12.8 Å². The molecule has 1 saturated carbocycles. The summed E-state index contributed by atoms with van der Waals surface area (Å²) >= 11 is 0. The Bertz CT molecular complexity index is 409. The van der Waals surface area contributed by atoms with E-state index < -0.39 is 0 Å². The van der Waals surface area contributed by atoms with Crippen LogP contribution < -0.4 is 0 Å². The maximum atomic E-state index is 12.8. The Balaban J connectivity index is 1.51. The third-order valence-electron chi connectivity index (χ3n) is 6.36. The molecule has 0 N–H and O–H groups in total. The number of rotatable bonds is 4. The monoisotopic (exact) mass is 307 g/mol. The zero-order valence-corrected chi connectivity index (χ0v) is 14.8. The second kappa shape index (κ2) is 6.12. The predicted molar refractivity (Wildman–Crippen MR) is 89.8 cm³/mol. The first kappa shape index (κ1) is 16.3. The molecule has 0 aromatic carbocycles. The summed E-state index contributed by atoms with van der Waals surface area (Å²) in [5, 5.41) is 0. The highest BCUT2D eigenvalue weighted by molar-refractivity contribution is 5.79. The third kappa shape index (κ3) is 2.92. The van der Waals surface area contributed by atoms with Crippen LogP contribution in [0.3, 0.4) is 0 Å². The molecule has 2 aliphatic heterocycles. The van der Waals surface area contributed by atoms with Crippen molar-refractivity contribution in [3.8, 4) is 0 Å². The number of hydrogen-bond donors (Lipinski definition) is 0. The topological polar surface area (TPSA) is 26.8 Å². The van der Waals surface area contributed by atoms with Crippen molar-refractivity contribution in [2.45, 2.75) is 58.5 Å². The van der Waals surface area contributed by atoms with E-state index in [1.54, 1.807) is 0 Å². The Morgan fingerprint density at radius 1 is 1.00 bits per heavy atom. The van der Waals surface area contributed by atoms with Crippen molar-refractivity contribution < 1.29 is 4.79 Å². The highest BCUT2D eigenvalue weighted by Crippen LogP contribution is 2.48. The summed E-state index contributed by atoms with van der Waals surface area (Å²) in [4.78, 5) is 20.0. The molecule has 0 bridgehead atoms. The quantitative estimate of drug-likeness (QED) is 0.795. The lowest BCUT2D eigenvalue weighted by molar-refractivity contribution is -0.137.